The first kappa shape index (κ1) is 15.9. The van der Waals surface area contributed by atoms with Gasteiger partial charge in [-0.2, -0.15) is 8.78 Å². The molecule has 1 fully saturated rings. The van der Waals surface area contributed by atoms with Crippen molar-refractivity contribution in [1.82, 2.24) is 14.8 Å². The Labute approximate surface area is 122 Å². The summed E-state index contributed by atoms with van der Waals surface area (Å²) < 4.78 is 32.1. The molecule has 1 unspecified atom stereocenters. The number of carbonyl (C=O) groups is 1. The van der Waals surface area contributed by atoms with Crippen molar-refractivity contribution in [1.29, 1.82) is 0 Å². The first-order valence-corrected chi connectivity index (χ1v) is 6.99. The number of hydrogen-bond donors (Lipinski definition) is 1. The molecule has 2 rings (SSSR count). The van der Waals surface area contributed by atoms with Crippen molar-refractivity contribution < 1.29 is 18.3 Å². The minimum Gasteiger partial charge on any atom is -0.380 e. The number of hydrogen-bond acceptors (Lipinski definition) is 3. The summed E-state index contributed by atoms with van der Waals surface area (Å²) in [7, 11) is 1.99. The molecule has 1 aliphatic rings. The van der Waals surface area contributed by atoms with E-state index < -0.39 is 12.5 Å². The second-order valence-corrected chi connectivity index (χ2v) is 5.42. The minimum atomic E-state index is -2.71. The summed E-state index contributed by atoms with van der Waals surface area (Å²) in [5, 5.41) is 2.73. The van der Waals surface area contributed by atoms with E-state index in [1.54, 1.807) is 6.92 Å². The summed E-state index contributed by atoms with van der Waals surface area (Å²) >= 11 is 0. The van der Waals surface area contributed by atoms with E-state index in [4.69, 9.17) is 4.74 Å². The molecule has 1 amide bonds. The molecule has 0 spiro atoms. The third-order valence-corrected chi connectivity index (χ3v) is 3.64. The van der Waals surface area contributed by atoms with Crippen LogP contribution in [0.1, 0.15) is 22.7 Å². The van der Waals surface area contributed by atoms with Gasteiger partial charge in [-0.3, -0.25) is 9.36 Å². The van der Waals surface area contributed by atoms with E-state index in [9.17, 15) is 13.6 Å². The third kappa shape index (κ3) is 4.01. The number of aromatic nitrogens is 1. The normalized spacial score (nSPS) is 20.5. The number of ether oxygens (including phenoxy) is 1. The molecule has 1 atom stereocenters. The minimum absolute atomic E-state index is 0.00889. The lowest BCUT2D eigenvalue weighted by molar-refractivity contribution is 0.0613. The molecule has 1 N–H and O–H groups in total. The second-order valence-electron chi connectivity index (χ2n) is 5.42. The van der Waals surface area contributed by atoms with Crippen LogP contribution in [0.25, 0.3) is 0 Å². The predicted molar refractivity (Wildman–Crippen MR) is 74.6 cm³/mol. The van der Waals surface area contributed by atoms with Gasteiger partial charge in [0, 0.05) is 31.2 Å². The molecule has 0 aliphatic carbocycles. The lowest BCUT2D eigenvalue weighted by atomic mass is 10.1. The summed E-state index contributed by atoms with van der Waals surface area (Å²) in [5.41, 5.74) is 0.359. The van der Waals surface area contributed by atoms with Crippen LogP contribution in [0.5, 0.6) is 0 Å². The Morgan fingerprint density at radius 1 is 1.52 bits per heavy atom. The number of alkyl halides is 2. The molecule has 118 valence electrons. The first-order valence-electron chi connectivity index (χ1n) is 6.99. The second kappa shape index (κ2) is 7.00. The number of aryl methyl sites for hydroxylation is 1. The van der Waals surface area contributed by atoms with Crippen molar-refractivity contribution in [3.63, 3.8) is 0 Å². The quantitative estimate of drug-likeness (QED) is 0.917. The fourth-order valence-corrected chi connectivity index (χ4v) is 2.50. The van der Waals surface area contributed by atoms with E-state index in [1.165, 1.54) is 12.1 Å². The number of halogens is 2. The highest BCUT2D eigenvalue weighted by Gasteiger charge is 2.21. The fraction of sp³-hybridized carbons (Fsp3) is 0.643. The number of nitrogens with zero attached hydrogens (tertiary/aromatic N) is 2. The molecule has 2 heterocycles. The molecule has 1 aromatic rings. The van der Waals surface area contributed by atoms with Gasteiger partial charge in [-0.1, -0.05) is 0 Å². The molecule has 0 bridgehead atoms. The number of amides is 1. The maximum Gasteiger partial charge on any atom is 0.319 e. The topological polar surface area (TPSA) is 46.5 Å². The lowest BCUT2D eigenvalue weighted by Crippen LogP contribution is -2.36. The molecule has 1 saturated heterocycles. The monoisotopic (exact) mass is 301 g/mol. The smallest absolute Gasteiger partial charge is 0.319 e. The van der Waals surface area contributed by atoms with Gasteiger partial charge in [-0.05, 0) is 26.1 Å². The van der Waals surface area contributed by atoms with Crippen molar-refractivity contribution >= 4 is 5.91 Å². The zero-order valence-electron chi connectivity index (χ0n) is 12.3. The average molecular weight is 301 g/mol. The Kier molecular flexibility index (Phi) is 5.30. The van der Waals surface area contributed by atoms with Crippen LogP contribution in [0.4, 0.5) is 8.78 Å². The van der Waals surface area contributed by atoms with Gasteiger partial charge >= 0.3 is 6.55 Å². The Hall–Kier alpha value is -1.47. The van der Waals surface area contributed by atoms with Crippen molar-refractivity contribution in [3.05, 3.63) is 23.5 Å². The van der Waals surface area contributed by atoms with E-state index >= 15 is 0 Å². The van der Waals surface area contributed by atoms with Crippen LogP contribution in [0.2, 0.25) is 0 Å². The Morgan fingerprint density at radius 3 is 3.00 bits per heavy atom. The zero-order valence-corrected chi connectivity index (χ0v) is 12.3. The molecular weight excluding hydrogens is 280 g/mol. The number of likely N-dealkylation sites (N-methyl/N-ethyl adjacent to an activating group) is 1. The third-order valence-electron chi connectivity index (χ3n) is 3.64. The van der Waals surface area contributed by atoms with Crippen LogP contribution in [-0.2, 0) is 4.74 Å². The molecule has 5 nitrogen and oxygen atoms in total. The van der Waals surface area contributed by atoms with Crippen LogP contribution in [0, 0.1) is 12.8 Å². The number of nitrogens with one attached hydrogen (secondary N) is 1. The van der Waals surface area contributed by atoms with Gasteiger partial charge in [0.1, 0.15) is 5.69 Å². The van der Waals surface area contributed by atoms with Gasteiger partial charge in [0.05, 0.1) is 13.2 Å². The van der Waals surface area contributed by atoms with Gasteiger partial charge < -0.3 is 15.0 Å². The highest BCUT2D eigenvalue weighted by Crippen LogP contribution is 2.18. The molecule has 0 saturated carbocycles. The average Bonchev–Trinajstić information content (AvgIpc) is 2.69. The molecule has 1 aliphatic heterocycles. The molecule has 0 aromatic carbocycles. The van der Waals surface area contributed by atoms with E-state index in [1.807, 2.05) is 7.05 Å². The maximum atomic E-state index is 12.9. The van der Waals surface area contributed by atoms with Crippen LogP contribution in [0.3, 0.4) is 0 Å². The predicted octanol–water partition coefficient (Wildman–Crippen LogP) is 1.50. The van der Waals surface area contributed by atoms with Crippen molar-refractivity contribution in [3.8, 4) is 0 Å². The van der Waals surface area contributed by atoms with E-state index in [-0.39, 0.29) is 11.6 Å². The molecular formula is C14H21F2N3O2. The lowest BCUT2D eigenvalue weighted by Gasteiger charge is -2.19. The summed E-state index contributed by atoms with van der Waals surface area (Å²) in [6.07, 6.45) is 0. The molecule has 0 radical (unpaired) electrons. The Balaban J connectivity index is 1.95. The SMILES string of the molecule is Cc1ccc(C(=O)NCC2COCCN(C)C2)n1C(F)F. The molecule has 21 heavy (non-hydrogen) atoms. The van der Waals surface area contributed by atoms with Crippen LogP contribution >= 0.6 is 0 Å². The first-order chi connectivity index (χ1) is 9.99. The zero-order chi connectivity index (χ0) is 15.4. The number of rotatable bonds is 4. The highest BCUT2D eigenvalue weighted by atomic mass is 19.3. The van der Waals surface area contributed by atoms with E-state index in [0.29, 0.717) is 25.5 Å². The van der Waals surface area contributed by atoms with Crippen molar-refractivity contribution in [2.24, 2.45) is 5.92 Å². The molecule has 1 aromatic heterocycles. The fourth-order valence-electron chi connectivity index (χ4n) is 2.50. The van der Waals surface area contributed by atoms with Crippen LogP contribution in [-0.4, -0.2) is 55.3 Å². The number of carbonyl (C=O) groups excluding carboxylic acids is 1. The van der Waals surface area contributed by atoms with Crippen LogP contribution < -0.4 is 5.32 Å². The van der Waals surface area contributed by atoms with E-state index in [0.717, 1.165) is 17.7 Å². The largest absolute Gasteiger partial charge is 0.380 e. The Morgan fingerprint density at radius 2 is 2.29 bits per heavy atom. The van der Waals surface area contributed by atoms with Crippen molar-refractivity contribution in [2.45, 2.75) is 13.5 Å². The van der Waals surface area contributed by atoms with Crippen LogP contribution in [0.15, 0.2) is 12.1 Å². The van der Waals surface area contributed by atoms with Gasteiger partial charge in [0.15, 0.2) is 0 Å². The molecule has 7 heteroatoms. The van der Waals surface area contributed by atoms with E-state index in [2.05, 4.69) is 10.2 Å². The summed E-state index contributed by atoms with van der Waals surface area (Å²) in [6, 6.07) is 2.94. The van der Waals surface area contributed by atoms with Gasteiger partial charge in [0.25, 0.3) is 5.91 Å². The summed E-state index contributed by atoms with van der Waals surface area (Å²) in [6.45, 7) is 2.17. The van der Waals surface area contributed by atoms with Gasteiger partial charge in [-0.15, -0.1) is 0 Å². The van der Waals surface area contributed by atoms with Gasteiger partial charge in [0.2, 0.25) is 0 Å². The van der Waals surface area contributed by atoms with Crippen molar-refractivity contribution in [2.75, 3.05) is 39.9 Å². The summed E-state index contributed by atoms with van der Waals surface area (Å²) in [5.74, 6) is -0.312. The van der Waals surface area contributed by atoms with Gasteiger partial charge in [-0.25, -0.2) is 0 Å². The summed E-state index contributed by atoms with van der Waals surface area (Å²) in [4.78, 5) is 14.2. The standard InChI is InChI=1S/C14H21F2N3O2/c1-10-3-4-12(19(10)14(15)16)13(20)17-7-11-8-18(2)5-6-21-9-11/h3-4,11,14H,5-9H2,1-2H3,(H,17,20). The highest BCUT2D eigenvalue weighted by molar-refractivity contribution is 5.92. The maximum absolute atomic E-state index is 12.9. The Bertz CT molecular complexity index is 491.